The average molecular weight is 280 g/mol. The van der Waals surface area contributed by atoms with Crippen LogP contribution >= 0.6 is 0 Å². The predicted octanol–water partition coefficient (Wildman–Crippen LogP) is 0.752. The van der Waals surface area contributed by atoms with Gasteiger partial charge in [-0.3, -0.25) is 0 Å². The van der Waals surface area contributed by atoms with Gasteiger partial charge in [0.2, 0.25) is 0 Å². The summed E-state index contributed by atoms with van der Waals surface area (Å²) in [6.07, 6.45) is 1.57. The van der Waals surface area contributed by atoms with Crippen molar-refractivity contribution in [2.75, 3.05) is 6.61 Å². The van der Waals surface area contributed by atoms with Crippen molar-refractivity contribution in [3.8, 4) is 0 Å². The zero-order chi connectivity index (χ0) is 15.0. The maximum absolute atomic E-state index is 11.5. The first-order chi connectivity index (χ1) is 9.52. The van der Waals surface area contributed by atoms with Gasteiger partial charge in [0.1, 0.15) is 0 Å². The second kappa shape index (κ2) is 8.16. The van der Waals surface area contributed by atoms with E-state index in [4.69, 9.17) is 10.2 Å². The van der Waals surface area contributed by atoms with Gasteiger partial charge in [0.05, 0.1) is 6.61 Å². The van der Waals surface area contributed by atoms with Crippen LogP contribution in [-0.4, -0.2) is 40.9 Å². The molecule has 0 radical (unpaired) electrons. The molecule has 0 spiro atoms. The van der Waals surface area contributed by atoms with Crippen LogP contribution in [0.15, 0.2) is 30.3 Å². The number of carboxylic acids is 1. The number of aliphatic carboxylic acids is 1. The van der Waals surface area contributed by atoms with Crippen molar-refractivity contribution >= 4 is 12.0 Å². The Morgan fingerprint density at radius 3 is 2.40 bits per heavy atom. The van der Waals surface area contributed by atoms with Gasteiger partial charge >= 0.3 is 12.0 Å². The minimum Gasteiger partial charge on any atom is -0.480 e. The van der Waals surface area contributed by atoms with E-state index in [0.717, 1.165) is 12.8 Å². The maximum atomic E-state index is 11.5. The van der Waals surface area contributed by atoms with Crippen molar-refractivity contribution in [2.45, 2.75) is 31.8 Å². The Balaban J connectivity index is 2.32. The number of carbonyl (C=O) groups is 2. The van der Waals surface area contributed by atoms with Crippen LogP contribution in [0.5, 0.6) is 0 Å². The molecule has 0 heterocycles. The molecule has 20 heavy (non-hydrogen) atoms. The van der Waals surface area contributed by atoms with Gasteiger partial charge in [-0.2, -0.15) is 0 Å². The monoisotopic (exact) mass is 280 g/mol. The number of hydrogen-bond donors (Lipinski definition) is 4. The van der Waals surface area contributed by atoms with Crippen LogP contribution in [0.3, 0.4) is 0 Å². The van der Waals surface area contributed by atoms with E-state index >= 15 is 0 Å². The molecule has 0 bridgehead atoms. The Kier molecular flexibility index (Phi) is 6.52. The van der Waals surface area contributed by atoms with Crippen LogP contribution < -0.4 is 10.6 Å². The van der Waals surface area contributed by atoms with Gasteiger partial charge in [-0.15, -0.1) is 0 Å². The third kappa shape index (κ3) is 5.71. The number of rotatable bonds is 7. The molecule has 1 aromatic carbocycles. The highest BCUT2D eigenvalue weighted by Gasteiger charge is 2.19. The molecular weight excluding hydrogens is 260 g/mol. The van der Waals surface area contributed by atoms with Gasteiger partial charge in [-0.1, -0.05) is 30.3 Å². The molecule has 0 fully saturated rings. The molecule has 4 N–H and O–H groups in total. The van der Waals surface area contributed by atoms with Crippen LogP contribution in [-0.2, 0) is 11.2 Å². The first kappa shape index (κ1) is 16.0. The summed E-state index contributed by atoms with van der Waals surface area (Å²) in [5.41, 5.74) is 1.18. The number of aliphatic hydroxyl groups excluding tert-OH is 1. The minimum atomic E-state index is -1.28. The fourth-order valence-corrected chi connectivity index (χ4v) is 1.71. The third-order valence-corrected chi connectivity index (χ3v) is 2.87. The molecule has 6 nitrogen and oxygen atoms in total. The summed E-state index contributed by atoms with van der Waals surface area (Å²) in [6.45, 7) is 1.21. The van der Waals surface area contributed by atoms with E-state index in [1.807, 2.05) is 37.3 Å². The van der Waals surface area contributed by atoms with Crippen LogP contribution in [0, 0.1) is 0 Å². The van der Waals surface area contributed by atoms with Crippen LogP contribution in [0.4, 0.5) is 4.79 Å². The molecule has 0 aromatic heterocycles. The summed E-state index contributed by atoms with van der Waals surface area (Å²) in [5, 5.41) is 22.4. The number of urea groups is 1. The van der Waals surface area contributed by atoms with E-state index in [1.165, 1.54) is 5.56 Å². The molecule has 0 aliphatic carbocycles. The molecule has 6 heteroatoms. The van der Waals surface area contributed by atoms with Gasteiger partial charge in [-0.05, 0) is 25.3 Å². The van der Waals surface area contributed by atoms with Crippen molar-refractivity contribution in [3.05, 3.63) is 35.9 Å². The lowest BCUT2D eigenvalue weighted by Gasteiger charge is -2.17. The van der Waals surface area contributed by atoms with E-state index in [-0.39, 0.29) is 6.04 Å². The Labute approximate surface area is 117 Å². The summed E-state index contributed by atoms with van der Waals surface area (Å²) < 4.78 is 0. The highest BCUT2D eigenvalue weighted by atomic mass is 16.4. The quantitative estimate of drug-likeness (QED) is 0.592. The number of nitrogens with one attached hydrogen (secondary N) is 2. The zero-order valence-electron chi connectivity index (χ0n) is 11.4. The molecule has 0 aliphatic rings. The number of carbonyl (C=O) groups excluding carboxylic acids is 1. The fraction of sp³-hybridized carbons (Fsp3) is 0.429. The largest absolute Gasteiger partial charge is 0.480 e. The van der Waals surface area contributed by atoms with Gasteiger partial charge in [0.15, 0.2) is 6.04 Å². The summed E-state index contributed by atoms with van der Waals surface area (Å²) in [4.78, 5) is 22.2. The lowest BCUT2D eigenvalue weighted by Crippen LogP contribution is -2.50. The number of carboxylic acid groups (broad SMARTS) is 1. The molecule has 1 aromatic rings. The van der Waals surface area contributed by atoms with Crippen molar-refractivity contribution in [1.29, 1.82) is 0 Å². The highest BCUT2D eigenvalue weighted by molar-refractivity contribution is 5.82. The Morgan fingerprint density at radius 2 is 1.85 bits per heavy atom. The number of aliphatic hydroxyl groups is 1. The Bertz CT molecular complexity index is 436. The molecule has 2 atom stereocenters. The van der Waals surface area contributed by atoms with E-state index in [0.29, 0.717) is 0 Å². The molecule has 0 aliphatic heterocycles. The van der Waals surface area contributed by atoms with Crippen molar-refractivity contribution in [1.82, 2.24) is 10.6 Å². The van der Waals surface area contributed by atoms with E-state index in [1.54, 1.807) is 0 Å². The molecule has 1 rings (SSSR count). The average Bonchev–Trinajstić information content (AvgIpc) is 2.43. The summed E-state index contributed by atoms with van der Waals surface area (Å²) in [5.74, 6) is -1.26. The first-order valence-corrected chi connectivity index (χ1v) is 6.47. The van der Waals surface area contributed by atoms with Gasteiger partial charge in [0.25, 0.3) is 0 Å². The van der Waals surface area contributed by atoms with E-state index < -0.39 is 24.6 Å². The smallest absolute Gasteiger partial charge is 0.328 e. The third-order valence-electron chi connectivity index (χ3n) is 2.87. The normalized spacial score (nSPS) is 13.3. The molecule has 0 saturated carbocycles. The summed E-state index contributed by atoms with van der Waals surface area (Å²) >= 11 is 0. The van der Waals surface area contributed by atoms with Gasteiger partial charge in [-0.25, -0.2) is 9.59 Å². The number of amides is 2. The molecule has 110 valence electrons. The molecule has 2 amide bonds. The maximum Gasteiger partial charge on any atom is 0.328 e. The lowest BCUT2D eigenvalue weighted by molar-refractivity contribution is -0.140. The Morgan fingerprint density at radius 1 is 1.20 bits per heavy atom. The number of aryl methyl sites for hydroxylation is 1. The van der Waals surface area contributed by atoms with Crippen LogP contribution in [0.25, 0.3) is 0 Å². The highest BCUT2D eigenvalue weighted by Crippen LogP contribution is 2.04. The predicted molar refractivity (Wildman–Crippen MR) is 74.4 cm³/mol. The summed E-state index contributed by atoms with van der Waals surface area (Å²) in [6, 6.07) is 7.92. The second-order valence-corrected chi connectivity index (χ2v) is 4.62. The van der Waals surface area contributed by atoms with Gasteiger partial charge < -0.3 is 20.8 Å². The zero-order valence-corrected chi connectivity index (χ0v) is 11.4. The minimum absolute atomic E-state index is 0.0941. The van der Waals surface area contributed by atoms with Crippen LogP contribution in [0.1, 0.15) is 18.9 Å². The van der Waals surface area contributed by atoms with E-state index in [2.05, 4.69) is 10.6 Å². The standard InChI is InChI=1S/C14H20N2O4/c1-10(7-8-11-5-3-2-4-6-11)15-14(20)16-12(9-17)13(18)19/h2-6,10,12,17H,7-9H2,1H3,(H,18,19)(H2,15,16,20). The van der Waals surface area contributed by atoms with Gasteiger partial charge in [0, 0.05) is 6.04 Å². The lowest BCUT2D eigenvalue weighted by atomic mass is 10.1. The van der Waals surface area contributed by atoms with Crippen LogP contribution in [0.2, 0.25) is 0 Å². The van der Waals surface area contributed by atoms with Crippen molar-refractivity contribution < 1.29 is 19.8 Å². The SMILES string of the molecule is CC(CCc1ccccc1)NC(=O)NC(CO)C(=O)O. The van der Waals surface area contributed by atoms with E-state index in [9.17, 15) is 9.59 Å². The first-order valence-electron chi connectivity index (χ1n) is 6.47. The topological polar surface area (TPSA) is 98.7 Å². The van der Waals surface area contributed by atoms with Crippen molar-refractivity contribution in [3.63, 3.8) is 0 Å². The Hall–Kier alpha value is -2.08. The second-order valence-electron chi connectivity index (χ2n) is 4.62. The molecule has 2 unspecified atom stereocenters. The molecular formula is C14H20N2O4. The number of hydrogen-bond acceptors (Lipinski definition) is 3. The van der Waals surface area contributed by atoms with Crippen molar-refractivity contribution in [2.24, 2.45) is 0 Å². The molecule has 0 saturated heterocycles. The number of benzene rings is 1. The summed E-state index contributed by atoms with van der Waals surface area (Å²) in [7, 11) is 0. The fourth-order valence-electron chi connectivity index (χ4n) is 1.71.